The van der Waals surface area contributed by atoms with E-state index in [0.29, 0.717) is 0 Å². The molecule has 0 atom stereocenters. The molecule has 0 radical (unpaired) electrons. The van der Waals surface area contributed by atoms with Crippen molar-refractivity contribution in [3.8, 4) is 0 Å². The molecule has 0 fully saturated rings. The molecule has 0 amide bonds. The number of rotatable bonds is 5. The van der Waals surface area contributed by atoms with Crippen LogP contribution in [0.25, 0.3) is 10.9 Å². The van der Waals surface area contributed by atoms with Gasteiger partial charge in [0.2, 0.25) is 0 Å². The maximum absolute atomic E-state index is 4.32. The lowest BCUT2D eigenvalue weighted by atomic mass is 10.1. The van der Waals surface area contributed by atoms with Gasteiger partial charge in [0.1, 0.15) is 0 Å². The second kappa shape index (κ2) is 5.61. The Kier molecular flexibility index (Phi) is 3.89. The van der Waals surface area contributed by atoms with E-state index >= 15 is 0 Å². The first-order valence-electron chi connectivity index (χ1n) is 5.88. The minimum atomic E-state index is 1.08. The number of nitrogens with zero attached hydrogens (tertiary/aromatic N) is 1. The van der Waals surface area contributed by atoms with Gasteiger partial charge in [0.25, 0.3) is 0 Å². The van der Waals surface area contributed by atoms with Crippen molar-refractivity contribution in [2.75, 3.05) is 13.6 Å². The number of nitrogens with one attached hydrogen (secondary N) is 1. The molecule has 0 saturated carbocycles. The second-order valence-electron chi connectivity index (χ2n) is 4.09. The maximum atomic E-state index is 4.32. The minimum Gasteiger partial charge on any atom is -0.320 e. The van der Waals surface area contributed by atoms with E-state index in [9.17, 15) is 0 Å². The van der Waals surface area contributed by atoms with Crippen LogP contribution in [-0.4, -0.2) is 18.6 Å². The van der Waals surface area contributed by atoms with Crippen molar-refractivity contribution in [2.45, 2.75) is 19.3 Å². The summed E-state index contributed by atoms with van der Waals surface area (Å²) in [4.78, 5) is 4.32. The number of unbranched alkanes of at least 4 members (excludes halogenated alkanes) is 1. The van der Waals surface area contributed by atoms with Gasteiger partial charge >= 0.3 is 0 Å². The van der Waals surface area contributed by atoms with E-state index in [1.54, 1.807) is 0 Å². The molecule has 0 spiro atoms. The van der Waals surface area contributed by atoms with Crippen molar-refractivity contribution in [2.24, 2.45) is 0 Å². The molecular weight excluding hydrogens is 196 g/mol. The van der Waals surface area contributed by atoms with Gasteiger partial charge < -0.3 is 5.32 Å². The number of aromatic nitrogens is 1. The summed E-state index contributed by atoms with van der Waals surface area (Å²) < 4.78 is 0. The van der Waals surface area contributed by atoms with E-state index in [4.69, 9.17) is 0 Å². The van der Waals surface area contributed by atoms with Gasteiger partial charge in [0, 0.05) is 11.6 Å². The van der Waals surface area contributed by atoms with Gasteiger partial charge in [0.05, 0.1) is 5.52 Å². The third-order valence-electron chi connectivity index (χ3n) is 2.81. The summed E-state index contributed by atoms with van der Waals surface area (Å²) in [6.45, 7) is 1.11. The summed E-state index contributed by atoms with van der Waals surface area (Å²) >= 11 is 0. The predicted molar refractivity (Wildman–Crippen MR) is 68.6 cm³/mol. The number of fused-ring (bicyclic) bond motifs is 1. The van der Waals surface area contributed by atoms with Gasteiger partial charge in [-0.1, -0.05) is 12.1 Å². The molecule has 2 aromatic rings. The largest absolute Gasteiger partial charge is 0.320 e. The van der Waals surface area contributed by atoms with Crippen LogP contribution in [0.1, 0.15) is 18.4 Å². The zero-order valence-electron chi connectivity index (χ0n) is 9.74. The highest BCUT2D eigenvalue weighted by Crippen LogP contribution is 2.14. The lowest BCUT2D eigenvalue weighted by molar-refractivity contribution is 0.677. The Bertz CT molecular complexity index is 451. The van der Waals surface area contributed by atoms with Crippen LogP contribution < -0.4 is 5.32 Å². The molecule has 1 aromatic heterocycles. The van der Waals surface area contributed by atoms with Crippen LogP contribution >= 0.6 is 0 Å². The van der Waals surface area contributed by atoms with Gasteiger partial charge in [-0.25, -0.2) is 0 Å². The van der Waals surface area contributed by atoms with Crippen LogP contribution in [0.3, 0.4) is 0 Å². The number of hydrogen-bond donors (Lipinski definition) is 1. The van der Waals surface area contributed by atoms with Crippen LogP contribution in [0.15, 0.2) is 36.5 Å². The Hall–Kier alpha value is -1.41. The first-order valence-corrected chi connectivity index (χ1v) is 5.88. The van der Waals surface area contributed by atoms with Gasteiger partial charge in [-0.15, -0.1) is 0 Å². The topological polar surface area (TPSA) is 24.9 Å². The summed E-state index contributed by atoms with van der Waals surface area (Å²) in [6, 6.07) is 10.7. The normalized spacial score (nSPS) is 10.8. The summed E-state index contributed by atoms with van der Waals surface area (Å²) in [6.07, 6.45) is 5.48. The van der Waals surface area contributed by atoms with Gasteiger partial charge in [-0.3, -0.25) is 4.98 Å². The van der Waals surface area contributed by atoms with Crippen molar-refractivity contribution in [1.29, 1.82) is 0 Å². The first-order chi connectivity index (χ1) is 7.90. The summed E-state index contributed by atoms with van der Waals surface area (Å²) in [7, 11) is 2.00. The van der Waals surface area contributed by atoms with E-state index in [1.165, 1.54) is 23.8 Å². The molecule has 16 heavy (non-hydrogen) atoms. The average Bonchev–Trinajstić information content (AvgIpc) is 2.34. The Morgan fingerprint density at radius 1 is 1.19 bits per heavy atom. The zero-order valence-corrected chi connectivity index (χ0v) is 9.74. The van der Waals surface area contributed by atoms with Gasteiger partial charge in [-0.05, 0) is 56.6 Å². The molecular formula is C14H18N2. The Morgan fingerprint density at radius 2 is 2.12 bits per heavy atom. The van der Waals surface area contributed by atoms with E-state index in [2.05, 4.69) is 34.6 Å². The summed E-state index contributed by atoms with van der Waals surface area (Å²) in [5.74, 6) is 0. The first kappa shape index (κ1) is 11.1. The van der Waals surface area contributed by atoms with Crippen molar-refractivity contribution >= 4 is 10.9 Å². The highest BCUT2D eigenvalue weighted by Gasteiger charge is 1.97. The lowest BCUT2D eigenvalue weighted by Crippen LogP contribution is -2.07. The monoisotopic (exact) mass is 214 g/mol. The standard InChI is InChI=1S/C14H18N2/c1-15-9-3-2-5-12-7-8-14-13(11-12)6-4-10-16-14/h4,6-8,10-11,15H,2-3,5,9H2,1H3. The van der Waals surface area contributed by atoms with Crippen LogP contribution in [0.2, 0.25) is 0 Å². The fourth-order valence-electron chi connectivity index (χ4n) is 1.91. The third-order valence-corrected chi connectivity index (χ3v) is 2.81. The van der Waals surface area contributed by atoms with Crippen LogP contribution in [0.4, 0.5) is 0 Å². The second-order valence-corrected chi connectivity index (χ2v) is 4.09. The molecule has 0 bridgehead atoms. The molecule has 1 heterocycles. The maximum Gasteiger partial charge on any atom is 0.0702 e. The predicted octanol–water partition coefficient (Wildman–Crippen LogP) is 2.78. The quantitative estimate of drug-likeness (QED) is 0.774. The van der Waals surface area contributed by atoms with Crippen LogP contribution in [0, 0.1) is 0 Å². The zero-order chi connectivity index (χ0) is 11.2. The molecule has 0 aliphatic carbocycles. The minimum absolute atomic E-state index is 1.08. The van der Waals surface area contributed by atoms with Crippen molar-refractivity contribution in [3.63, 3.8) is 0 Å². The molecule has 2 nitrogen and oxygen atoms in total. The fourth-order valence-corrected chi connectivity index (χ4v) is 1.91. The van der Waals surface area contributed by atoms with E-state index < -0.39 is 0 Å². The van der Waals surface area contributed by atoms with Crippen LogP contribution in [-0.2, 0) is 6.42 Å². The van der Waals surface area contributed by atoms with Crippen molar-refractivity contribution in [1.82, 2.24) is 10.3 Å². The highest BCUT2D eigenvalue weighted by atomic mass is 14.8. The molecule has 1 aromatic carbocycles. The van der Waals surface area contributed by atoms with E-state index in [0.717, 1.165) is 18.5 Å². The third kappa shape index (κ3) is 2.80. The van der Waals surface area contributed by atoms with Gasteiger partial charge in [-0.2, -0.15) is 0 Å². The Labute approximate surface area is 96.7 Å². The fraction of sp³-hybridized carbons (Fsp3) is 0.357. The van der Waals surface area contributed by atoms with Crippen molar-refractivity contribution in [3.05, 3.63) is 42.1 Å². The number of benzene rings is 1. The number of hydrogen-bond acceptors (Lipinski definition) is 2. The lowest BCUT2D eigenvalue weighted by Gasteiger charge is -2.03. The molecule has 0 aliphatic rings. The number of aryl methyl sites for hydroxylation is 1. The molecule has 1 N–H and O–H groups in total. The molecule has 0 unspecified atom stereocenters. The Morgan fingerprint density at radius 3 is 3.00 bits per heavy atom. The van der Waals surface area contributed by atoms with E-state index in [1.807, 2.05) is 19.3 Å². The molecule has 0 saturated heterocycles. The SMILES string of the molecule is CNCCCCc1ccc2ncccc2c1. The molecule has 84 valence electrons. The van der Waals surface area contributed by atoms with Crippen molar-refractivity contribution < 1.29 is 0 Å². The summed E-state index contributed by atoms with van der Waals surface area (Å²) in [5, 5.41) is 4.42. The van der Waals surface area contributed by atoms with Crippen LogP contribution in [0.5, 0.6) is 0 Å². The Balaban J connectivity index is 2.02. The highest BCUT2D eigenvalue weighted by molar-refractivity contribution is 5.78. The summed E-state index contributed by atoms with van der Waals surface area (Å²) in [5.41, 5.74) is 2.50. The van der Waals surface area contributed by atoms with Gasteiger partial charge in [0.15, 0.2) is 0 Å². The molecule has 0 aliphatic heterocycles. The smallest absolute Gasteiger partial charge is 0.0702 e. The number of pyridine rings is 1. The molecule has 2 rings (SSSR count). The average molecular weight is 214 g/mol. The molecule has 2 heteroatoms. The van der Waals surface area contributed by atoms with E-state index in [-0.39, 0.29) is 0 Å².